The first-order chi connectivity index (χ1) is 11.6. The van der Waals surface area contributed by atoms with Gasteiger partial charge >= 0.3 is 6.18 Å². The van der Waals surface area contributed by atoms with Crippen molar-refractivity contribution in [3.05, 3.63) is 53.3 Å². The third-order valence-electron chi connectivity index (χ3n) is 4.74. The number of rotatable bonds is 3. The highest BCUT2D eigenvalue weighted by molar-refractivity contribution is 7.90. The zero-order valence-electron chi connectivity index (χ0n) is 13.4. The second-order valence-corrected chi connectivity index (χ2v) is 8.17. The van der Waals surface area contributed by atoms with E-state index in [1.54, 1.807) is 19.1 Å². The molecule has 4 nitrogen and oxygen atoms in total. The highest BCUT2D eigenvalue weighted by atomic mass is 32.2. The van der Waals surface area contributed by atoms with Crippen molar-refractivity contribution in [2.75, 3.05) is 0 Å². The fraction of sp³-hybridized carbons (Fsp3) is 0.353. The molecule has 0 saturated carbocycles. The van der Waals surface area contributed by atoms with Gasteiger partial charge in [0, 0.05) is 18.3 Å². The van der Waals surface area contributed by atoms with Gasteiger partial charge in [-0.05, 0) is 43.5 Å². The van der Waals surface area contributed by atoms with Crippen LogP contribution in [0.15, 0.2) is 41.4 Å². The Morgan fingerprint density at radius 1 is 1.16 bits per heavy atom. The summed E-state index contributed by atoms with van der Waals surface area (Å²) >= 11 is 0. The van der Waals surface area contributed by atoms with Crippen LogP contribution >= 0.6 is 0 Å². The number of aldehydes is 1. The van der Waals surface area contributed by atoms with E-state index in [0.29, 0.717) is 5.56 Å². The Morgan fingerprint density at radius 2 is 1.80 bits per heavy atom. The van der Waals surface area contributed by atoms with Crippen molar-refractivity contribution in [3.8, 4) is 0 Å². The van der Waals surface area contributed by atoms with Crippen LogP contribution < -0.4 is 0 Å². The summed E-state index contributed by atoms with van der Waals surface area (Å²) in [7, 11) is -4.02. The molecule has 0 saturated heterocycles. The number of halogens is 3. The molecule has 0 bridgehead atoms. The summed E-state index contributed by atoms with van der Waals surface area (Å²) in [5.74, 6) is 0. The standard InChI is InChI=1S/C17H16F3NO3S/c1-12-2-4-14(5-3-12)25(23,24)21-9-7-13-6-8-16(11-22,10-15(13)21)17(18,19)20/h2-5,7,9,11H,6,8,10H2,1H3. The first-order valence-corrected chi connectivity index (χ1v) is 9.09. The number of carbonyl (C=O) groups excluding carboxylic acids is 1. The summed E-state index contributed by atoms with van der Waals surface area (Å²) in [5, 5.41) is 0. The number of hydrogen-bond acceptors (Lipinski definition) is 3. The molecular weight excluding hydrogens is 355 g/mol. The minimum atomic E-state index is -4.73. The topological polar surface area (TPSA) is 56.1 Å². The number of fused-ring (bicyclic) bond motifs is 1. The number of aryl methyl sites for hydroxylation is 2. The molecule has 1 aromatic heterocycles. The van der Waals surface area contributed by atoms with E-state index in [1.165, 1.54) is 24.4 Å². The average molecular weight is 371 g/mol. The van der Waals surface area contributed by atoms with Gasteiger partial charge in [0.25, 0.3) is 10.0 Å². The van der Waals surface area contributed by atoms with Gasteiger partial charge in [-0.2, -0.15) is 13.2 Å². The minimum Gasteiger partial charge on any atom is -0.302 e. The van der Waals surface area contributed by atoms with Gasteiger partial charge in [0.15, 0.2) is 0 Å². The molecule has 1 aliphatic rings. The molecular formula is C17H16F3NO3S. The van der Waals surface area contributed by atoms with E-state index in [2.05, 4.69) is 0 Å². The van der Waals surface area contributed by atoms with E-state index < -0.39 is 28.0 Å². The molecule has 8 heteroatoms. The molecule has 1 unspecified atom stereocenters. The van der Waals surface area contributed by atoms with Crippen molar-refractivity contribution >= 4 is 16.3 Å². The van der Waals surface area contributed by atoms with Gasteiger partial charge in [-0.25, -0.2) is 12.4 Å². The molecule has 2 aromatic rings. The smallest absolute Gasteiger partial charge is 0.302 e. The van der Waals surface area contributed by atoms with Gasteiger partial charge in [-0.3, -0.25) is 0 Å². The Balaban J connectivity index is 2.10. The lowest BCUT2D eigenvalue weighted by atomic mass is 9.74. The third-order valence-corrected chi connectivity index (χ3v) is 6.47. The lowest BCUT2D eigenvalue weighted by Gasteiger charge is -2.34. The Morgan fingerprint density at radius 3 is 2.36 bits per heavy atom. The maximum absolute atomic E-state index is 13.4. The molecule has 1 atom stereocenters. The van der Waals surface area contributed by atoms with Crippen molar-refractivity contribution in [2.24, 2.45) is 5.41 Å². The van der Waals surface area contributed by atoms with Gasteiger partial charge in [0.05, 0.1) is 4.90 Å². The lowest BCUT2D eigenvalue weighted by Crippen LogP contribution is -2.44. The molecule has 0 N–H and O–H groups in total. The predicted molar refractivity (Wildman–Crippen MR) is 84.8 cm³/mol. The molecule has 3 rings (SSSR count). The fourth-order valence-corrected chi connectivity index (χ4v) is 4.51. The molecule has 0 fully saturated rings. The second-order valence-electron chi connectivity index (χ2n) is 6.35. The number of benzene rings is 1. The van der Waals surface area contributed by atoms with E-state index in [1.807, 2.05) is 0 Å². The third kappa shape index (κ3) is 2.78. The zero-order valence-corrected chi connectivity index (χ0v) is 14.2. The van der Waals surface area contributed by atoms with Crippen LogP contribution in [0.2, 0.25) is 0 Å². The van der Waals surface area contributed by atoms with E-state index >= 15 is 0 Å². The monoisotopic (exact) mass is 371 g/mol. The Bertz CT molecular complexity index is 914. The number of carbonyl (C=O) groups is 1. The molecule has 1 aliphatic carbocycles. The first-order valence-electron chi connectivity index (χ1n) is 7.65. The minimum absolute atomic E-state index is 0.00397. The van der Waals surface area contributed by atoms with Crippen LogP contribution in [0, 0.1) is 12.3 Å². The van der Waals surface area contributed by atoms with Crippen LogP contribution in [0.25, 0.3) is 0 Å². The molecule has 0 aliphatic heterocycles. The van der Waals surface area contributed by atoms with Crippen molar-refractivity contribution in [3.63, 3.8) is 0 Å². The normalized spacial score (nSPS) is 21.0. The van der Waals surface area contributed by atoms with E-state index in [0.717, 1.165) is 9.54 Å². The van der Waals surface area contributed by atoms with Gasteiger partial charge in [0.1, 0.15) is 11.7 Å². The summed E-state index contributed by atoms with van der Waals surface area (Å²) in [6, 6.07) is 7.57. The summed E-state index contributed by atoms with van der Waals surface area (Å²) in [6.07, 6.45) is -4.60. The Labute approximate surface area is 143 Å². The number of nitrogens with zero attached hydrogens (tertiary/aromatic N) is 1. The number of hydrogen-bond donors (Lipinski definition) is 0. The molecule has 25 heavy (non-hydrogen) atoms. The molecule has 0 spiro atoms. The van der Waals surface area contributed by atoms with Crippen molar-refractivity contribution in [1.82, 2.24) is 3.97 Å². The van der Waals surface area contributed by atoms with Crippen LogP contribution in [0.1, 0.15) is 23.2 Å². The maximum atomic E-state index is 13.4. The van der Waals surface area contributed by atoms with Gasteiger partial charge in [-0.1, -0.05) is 17.7 Å². The largest absolute Gasteiger partial charge is 0.401 e. The fourth-order valence-electron chi connectivity index (χ4n) is 3.11. The quantitative estimate of drug-likeness (QED) is 0.778. The zero-order chi connectivity index (χ0) is 18.5. The van der Waals surface area contributed by atoms with E-state index in [9.17, 15) is 26.4 Å². The summed E-state index contributed by atoms with van der Waals surface area (Å²) < 4.78 is 66.7. The van der Waals surface area contributed by atoms with E-state index in [-0.39, 0.29) is 29.7 Å². The average Bonchev–Trinajstić information content (AvgIpc) is 2.97. The highest BCUT2D eigenvalue weighted by Crippen LogP contribution is 2.46. The summed E-state index contributed by atoms with van der Waals surface area (Å²) in [6.45, 7) is 1.80. The molecule has 1 aromatic carbocycles. The lowest BCUT2D eigenvalue weighted by molar-refractivity contribution is -0.217. The maximum Gasteiger partial charge on any atom is 0.401 e. The van der Waals surface area contributed by atoms with Crippen LogP contribution in [0.3, 0.4) is 0 Å². The SMILES string of the molecule is Cc1ccc(S(=O)(=O)n2ccc3c2CC(C=O)(C(F)(F)F)CC3)cc1. The van der Waals surface area contributed by atoms with Crippen LogP contribution in [-0.4, -0.2) is 24.9 Å². The van der Waals surface area contributed by atoms with Crippen LogP contribution in [0.4, 0.5) is 13.2 Å². The van der Waals surface area contributed by atoms with Crippen LogP contribution in [-0.2, 0) is 27.7 Å². The second kappa shape index (κ2) is 5.72. The van der Waals surface area contributed by atoms with Crippen LogP contribution in [0.5, 0.6) is 0 Å². The highest BCUT2D eigenvalue weighted by Gasteiger charge is 2.56. The molecule has 0 radical (unpaired) electrons. The molecule has 0 amide bonds. The van der Waals surface area contributed by atoms with Gasteiger partial charge < -0.3 is 4.79 Å². The van der Waals surface area contributed by atoms with Crippen molar-refractivity contribution in [2.45, 2.75) is 37.3 Å². The summed E-state index contributed by atoms with van der Waals surface area (Å²) in [5.41, 5.74) is -1.13. The predicted octanol–water partition coefficient (Wildman–Crippen LogP) is 3.27. The van der Waals surface area contributed by atoms with Crippen molar-refractivity contribution < 1.29 is 26.4 Å². The summed E-state index contributed by atoms with van der Waals surface area (Å²) in [4.78, 5) is 11.2. The first kappa shape index (κ1) is 17.7. The Kier molecular flexibility index (Phi) is 4.06. The Hall–Kier alpha value is -2.09. The molecule has 1 heterocycles. The molecule has 134 valence electrons. The number of alkyl halides is 3. The van der Waals surface area contributed by atoms with Gasteiger partial charge in [-0.15, -0.1) is 0 Å². The van der Waals surface area contributed by atoms with Crippen molar-refractivity contribution in [1.29, 1.82) is 0 Å². The van der Waals surface area contributed by atoms with Gasteiger partial charge in [0.2, 0.25) is 0 Å². The number of aromatic nitrogens is 1. The van der Waals surface area contributed by atoms with E-state index in [4.69, 9.17) is 0 Å².